The summed E-state index contributed by atoms with van der Waals surface area (Å²) in [7, 11) is 4.09. The fourth-order valence-electron chi connectivity index (χ4n) is 3.00. The maximum atomic E-state index is 4.29. The van der Waals surface area contributed by atoms with Gasteiger partial charge in [-0.2, -0.15) is 0 Å². The molecule has 0 aromatic heterocycles. The van der Waals surface area contributed by atoms with Crippen LogP contribution in [0.15, 0.2) is 17.1 Å². The fourth-order valence-corrected chi connectivity index (χ4v) is 3.00. The van der Waals surface area contributed by atoms with Crippen molar-refractivity contribution < 1.29 is 0 Å². The Hall–Kier alpha value is -1.03. The molecule has 1 saturated carbocycles. The van der Waals surface area contributed by atoms with Crippen LogP contribution in [0.2, 0.25) is 0 Å². The second-order valence-electron chi connectivity index (χ2n) is 5.70. The Morgan fingerprint density at radius 1 is 1.26 bits per heavy atom. The second-order valence-corrected chi connectivity index (χ2v) is 5.70. The summed E-state index contributed by atoms with van der Waals surface area (Å²) in [4.78, 5) is 6.78. The van der Waals surface area contributed by atoms with Crippen LogP contribution in [0.4, 0.5) is 0 Å². The van der Waals surface area contributed by atoms with Crippen molar-refractivity contribution in [3.8, 4) is 0 Å². The van der Waals surface area contributed by atoms with Gasteiger partial charge in [0, 0.05) is 32.2 Å². The van der Waals surface area contributed by atoms with Gasteiger partial charge in [0.1, 0.15) is 0 Å². The first kappa shape index (κ1) is 14.4. The predicted octanol–water partition coefficient (Wildman–Crippen LogP) is 1.74. The molecular formula is C15H28N4. The molecule has 4 heteroatoms. The molecule has 0 aromatic carbocycles. The van der Waals surface area contributed by atoms with Crippen LogP contribution in [0, 0.1) is 0 Å². The predicted molar refractivity (Wildman–Crippen MR) is 81.5 cm³/mol. The van der Waals surface area contributed by atoms with Crippen molar-refractivity contribution in [3.05, 3.63) is 12.2 Å². The molecule has 0 radical (unpaired) electrons. The molecule has 4 nitrogen and oxygen atoms in total. The van der Waals surface area contributed by atoms with Crippen LogP contribution >= 0.6 is 0 Å². The van der Waals surface area contributed by atoms with Gasteiger partial charge < -0.3 is 15.5 Å². The summed E-state index contributed by atoms with van der Waals surface area (Å²) in [6, 6.07) is 1.33. The van der Waals surface area contributed by atoms with E-state index in [1.807, 2.05) is 7.05 Å². The standard InChI is InChI=1S/C15H28N4/c1-16-15(18-13-7-3-4-8-13)17-11-12-19(2)14-9-5-6-10-14/h3-4,13-14H,5-12H2,1-2H3,(H2,16,17,18). The average molecular weight is 264 g/mol. The molecule has 0 bridgehead atoms. The van der Waals surface area contributed by atoms with Crippen LogP contribution in [-0.2, 0) is 0 Å². The van der Waals surface area contributed by atoms with Gasteiger partial charge in [0.15, 0.2) is 5.96 Å². The maximum Gasteiger partial charge on any atom is 0.191 e. The van der Waals surface area contributed by atoms with Gasteiger partial charge in [-0.15, -0.1) is 0 Å². The van der Waals surface area contributed by atoms with Crippen LogP contribution in [0.25, 0.3) is 0 Å². The summed E-state index contributed by atoms with van der Waals surface area (Å²) in [5.41, 5.74) is 0. The first-order valence-electron chi connectivity index (χ1n) is 7.62. The largest absolute Gasteiger partial charge is 0.355 e. The van der Waals surface area contributed by atoms with E-state index in [1.165, 1.54) is 25.7 Å². The Morgan fingerprint density at radius 3 is 2.58 bits per heavy atom. The number of likely N-dealkylation sites (N-methyl/N-ethyl adjacent to an activating group) is 1. The van der Waals surface area contributed by atoms with E-state index >= 15 is 0 Å². The van der Waals surface area contributed by atoms with E-state index in [-0.39, 0.29) is 0 Å². The van der Waals surface area contributed by atoms with Crippen molar-refractivity contribution in [2.75, 3.05) is 27.2 Å². The number of hydrogen-bond acceptors (Lipinski definition) is 2. The van der Waals surface area contributed by atoms with Gasteiger partial charge in [0.05, 0.1) is 0 Å². The zero-order chi connectivity index (χ0) is 13.5. The summed E-state index contributed by atoms with van der Waals surface area (Å²) >= 11 is 0. The van der Waals surface area contributed by atoms with E-state index < -0.39 is 0 Å². The number of rotatable bonds is 5. The molecule has 0 atom stereocenters. The Morgan fingerprint density at radius 2 is 1.95 bits per heavy atom. The molecule has 0 amide bonds. The number of guanidine groups is 1. The highest BCUT2D eigenvalue weighted by Gasteiger charge is 2.19. The van der Waals surface area contributed by atoms with Crippen molar-refractivity contribution in [1.82, 2.24) is 15.5 Å². The summed E-state index contributed by atoms with van der Waals surface area (Å²) in [5.74, 6) is 0.938. The van der Waals surface area contributed by atoms with Crippen molar-refractivity contribution in [3.63, 3.8) is 0 Å². The molecule has 0 unspecified atom stereocenters. The number of aliphatic imine (C=N–C) groups is 1. The summed E-state index contributed by atoms with van der Waals surface area (Å²) in [5, 5.41) is 6.89. The number of hydrogen-bond donors (Lipinski definition) is 2. The molecule has 0 heterocycles. The summed E-state index contributed by atoms with van der Waals surface area (Å²) in [6.07, 6.45) is 12.2. The molecule has 2 N–H and O–H groups in total. The topological polar surface area (TPSA) is 39.7 Å². The first-order valence-corrected chi connectivity index (χ1v) is 7.62. The number of nitrogens with zero attached hydrogens (tertiary/aromatic N) is 2. The lowest BCUT2D eigenvalue weighted by Gasteiger charge is -2.25. The quantitative estimate of drug-likeness (QED) is 0.451. The van der Waals surface area contributed by atoms with E-state index in [0.29, 0.717) is 6.04 Å². The molecule has 2 aliphatic carbocycles. The van der Waals surface area contributed by atoms with E-state index in [0.717, 1.165) is 37.9 Å². The lowest BCUT2D eigenvalue weighted by Crippen LogP contribution is -2.45. The molecule has 2 aliphatic rings. The van der Waals surface area contributed by atoms with E-state index in [1.54, 1.807) is 0 Å². The lowest BCUT2D eigenvalue weighted by atomic mass is 10.2. The third kappa shape index (κ3) is 4.53. The molecule has 108 valence electrons. The first-order chi connectivity index (χ1) is 9.29. The van der Waals surface area contributed by atoms with E-state index in [2.05, 4.69) is 39.7 Å². The lowest BCUT2D eigenvalue weighted by molar-refractivity contribution is 0.249. The molecule has 0 spiro atoms. The highest BCUT2D eigenvalue weighted by molar-refractivity contribution is 5.80. The van der Waals surface area contributed by atoms with Crippen LogP contribution in [0.5, 0.6) is 0 Å². The summed E-state index contributed by atoms with van der Waals surface area (Å²) < 4.78 is 0. The normalized spacial score (nSPS) is 21.5. The van der Waals surface area contributed by atoms with Crippen molar-refractivity contribution in [2.45, 2.75) is 50.6 Å². The highest BCUT2D eigenvalue weighted by Crippen LogP contribution is 2.21. The highest BCUT2D eigenvalue weighted by atomic mass is 15.2. The van der Waals surface area contributed by atoms with Gasteiger partial charge in [-0.05, 0) is 32.7 Å². The molecule has 19 heavy (non-hydrogen) atoms. The third-order valence-corrected chi connectivity index (χ3v) is 4.28. The van der Waals surface area contributed by atoms with Crippen molar-refractivity contribution >= 4 is 5.96 Å². The minimum Gasteiger partial charge on any atom is -0.355 e. The van der Waals surface area contributed by atoms with Gasteiger partial charge in [-0.3, -0.25) is 4.99 Å². The maximum absolute atomic E-state index is 4.29. The van der Waals surface area contributed by atoms with E-state index in [9.17, 15) is 0 Å². The molecule has 2 rings (SSSR count). The smallest absolute Gasteiger partial charge is 0.191 e. The van der Waals surface area contributed by atoms with Crippen LogP contribution in [-0.4, -0.2) is 50.1 Å². The van der Waals surface area contributed by atoms with Crippen molar-refractivity contribution in [2.24, 2.45) is 4.99 Å². The van der Waals surface area contributed by atoms with Crippen molar-refractivity contribution in [1.29, 1.82) is 0 Å². The zero-order valence-electron chi connectivity index (χ0n) is 12.4. The van der Waals surface area contributed by atoms with Gasteiger partial charge in [0.25, 0.3) is 0 Å². The van der Waals surface area contributed by atoms with Gasteiger partial charge >= 0.3 is 0 Å². The van der Waals surface area contributed by atoms with Crippen LogP contribution < -0.4 is 10.6 Å². The summed E-state index contributed by atoms with van der Waals surface area (Å²) in [6.45, 7) is 2.06. The van der Waals surface area contributed by atoms with Crippen LogP contribution in [0.1, 0.15) is 38.5 Å². The molecule has 0 aromatic rings. The van der Waals surface area contributed by atoms with Gasteiger partial charge in [-0.1, -0.05) is 25.0 Å². The Bertz CT molecular complexity index is 310. The molecular weight excluding hydrogens is 236 g/mol. The second kappa shape index (κ2) is 7.53. The molecule has 0 saturated heterocycles. The number of nitrogens with one attached hydrogen (secondary N) is 2. The van der Waals surface area contributed by atoms with E-state index in [4.69, 9.17) is 0 Å². The minimum absolute atomic E-state index is 0.527. The van der Waals surface area contributed by atoms with Gasteiger partial charge in [-0.25, -0.2) is 0 Å². The molecule has 1 fully saturated rings. The average Bonchev–Trinajstić information content (AvgIpc) is 3.10. The van der Waals surface area contributed by atoms with Gasteiger partial charge in [0.2, 0.25) is 0 Å². The zero-order valence-corrected chi connectivity index (χ0v) is 12.4. The Labute approximate surface area is 117 Å². The SMILES string of the molecule is CN=C(NCCN(C)C1CCCC1)NC1CC=CC1. The minimum atomic E-state index is 0.527. The third-order valence-electron chi connectivity index (χ3n) is 4.28. The van der Waals surface area contributed by atoms with Crippen LogP contribution in [0.3, 0.4) is 0 Å². The Balaban J connectivity index is 1.62. The Kier molecular flexibility index (Phi) is 5.70. The monoisotopic (exact) mass is 264 g/mol. The molecule has 0 aliphatic heterocycles. The fraction of sp³-hybridized carbons (Fsp3) is 0.800.